The van der Waals surface area contributed by atoms with Crippen LogP contribution in [0.4, 0.5) is 10.5 Å². The normalized spacial score (nSPS) is 18.4. The zero-order valence-electron chi connectivity index (χ0n) is 19.4. The summed E-state index contributed by atoms with van der Waals surface area (Å²) in [4.78, 5) is 41.3. The van der Waals surface area contributed by atoms with Crippen LogP contribution in [0.25, 0.3) is 6.08 Å². The highest BCUT2D eigenvalue weighted by atomic mass is 32.2. The van der Waals surface area contributed by atoms with E-state index in [1.54, 1.807) is 31.4 Å². The Morgan fingerprint density at radius 2 is 1.91 bits per heavy atom. The van der Waals surface area contributed by atoms with Gasteiger partial charge in [0, 0.05) is 24.8 Å². The third kappa shape index (κ3) is 4.89. The van der Waals surface area contributed by atoms with E-state index in [0.717, 1.165) is 34.3 Å². The largest absolute Gasteiger partial charge is 0.493 e. The number of imide groups is 1. The number of hydrogen-bond donors (Lipinski definition) is 1. The Morgan fingerprint density at radius 3 is 2.68 bits per heavy atom. The summed E-state index contributed by atoms with van der Waals surface area (Å²) in [6.07, 6.45) is 2.56. The number of benzene rings is 2. The first-order valence-electron chi connectivity index (χ1n) is 11.0. The number of carbonyl (C=O) groups excluding carboxylic acids is 3. The number of nitrogens with one attached hydrogen (secondary N) is 1. The molecule has 0 aliphatic carbocycles. The van der Waals surface area contributed by atoms with Crippen molar-refractivity contribution in [2.24, 2.45) is 0 Å². The van der Waals surface area contributed by atoms with Crippen LogP contribution < -0.4 is 19.7 Å². The summed E-state index contributed by atoms with van der Waals surface area (Å²) in [7, 11) is 3.08. The maximum atomic E-state index is 12.8. The van der Waals surface area contributed by atoms with E-state index in [1.807, 2.05) is 18.2 Å². The van der Waals surface area contributed by atoms with Gasteiger partial charge < -0.3 is 19.7 Å². The average Bonchev–Trinajstić information content (AvgIpc) is 3.29. The molecular formula is C25H27N3O5S. The van der Waals surface area contributed by atoms with E-state index in [2.05, 4.69) is 23.2 Å². The van der Waals surface area contributed by atoms with E-state index in [4.69, 9.17) is 9.47 Å². The molecule has 1 saturated heterocycles. The van der Waals surface area contributed by atoms with Gasteiger partial charge in [-0.3, -0.25) is 19.3 Å². The van der Waals surface area contributed by atoms with Crippen molar-refractivity contribution in [1.82, 2.24) is 10.2 Å². The summed E-state index contributed by atoms with van der Waals surface area (Å²) >= 11 is 0.883. The fourth-order valence-corrected chi connectivity index (χ4v) is 5.04. The second kappa shape index (κ2) is 10.2. The van der Waals surface area contributed by atoms with Crippen molar-refractivity contribution >= 4 is 40.6 Å². The summed E-state index contributed by atoms with van der Waals surface area (Å²) in [6.45, 7) is 2.65. The Bertz CT molecular complexity index is 1150. The predicted molar refractivity (Wildman–Crippen MR) is 132 cm³/mol. The highest BCUT2D eigenvalue weighted by Crippen LogP contribution is 2.34. The van der Waals surface area contributed by atoms with E-state index in [1.165, 1.54) is 12.7 Å². The number of amides is 3. The van der Waals surface area contributed by atoms with E-state index in [-0.39, 0.29) is 42.7 Å². The van der Waals surface area contributed by atoms with Gasteiger partial charge in [0.05, 0.1) is 25.7 Å². The third-order valence-electron chi connectivity index (χ3n) is 5.90. The minimum absolute atomic E-state index is 0.117. The third-order valence-corrected chi connectivity index (χ3v) is 6.81. The minimum atomic E-state index is -0.374. The molecule has 3 amide bonds. The zero-order chi connectivity index (χ0) is 24.2. The molecule has 0 radical (unpaired) electrons. The van der Waals surface area contributed by atoms with E-state index in [0.29, 0.717) is 16.4 Å². The molecule has 0 spiro atoms. The van der Waals surface area contributed by atoms with E-state index >= 15 is 0 Å². The Balaban J connectivity index is 1.33. The summed E-state index contributed by atoms with van der Waals surface area (Å²) in [5.74, 6) is 0.598. The molecule has 178 valence electrons. The highest BCUT2D eigenvalue weighted by molar-refractivity contribution is 8.18. The number of fused-ring (bicyclic) bond motifs is 1. The lowest BCUT2D eigenvalue weighted by Gasteiger charge is -2.24. The van der Waals surface area contributed by atoms with E-state index < -0.39 is 0 Å². The lowest BCUT2D eigenvalue weighted by Crippen LogP contribution is -2.43. The second-order valence-corrected chi connectivity index (χ2v) is 9.10. The van der Waals surface area contributed by atoms with Gasteiger partial charge in [0.15, 0.2) is 11.5 Å². The van der Waals surface area contributed by atoms with Gasteiger partial charge in [-0.2, -0.15) is 0 Å². The summed E-state index contributed by atoms with van der Waals surface area (Å²) in [5.41, 5.74) is 3.04. The molecule has 2 heterocycles. The maximum absolute atomic E-state index is 12.8. The van der Waals surface area contributed by atoms with Gasteiger partial charge in [0.2, 0.25) is 5.91 Å². The van der Waals surface area contributed by atoms with Crippen molar-refractivity contribution in [3.63, 3.8) is 0 Å². The summed E-state index contributed by atoms with van der Waals surface area (Å²) < 4.78 is 10.5. The van der Waals surface area contributed by atoms with Gasteiger partial charge in [-0.1, -0.05) is 24.3 Å². The molecule has 2 aromatic rings. The molecule has 2 aliphatic heterocycles. The lowest BCUT2D eigenvalue weighted by molar-refractivity contribution is -0.124. The smallest absolute Gasteiger partial charge is 0.293 e. The lowest BCUT2D eigenvalue weighted by atomic mass is 10.1. The van der Waals surface area contributed by atoms with Crippen molar-refractivity contribution < 1.29 is 23.9 Å². The Hall–Kier alpha value is -3.46. The molecule has 0 saturated carbocycles. The van der Waals surface area contributed by atoms with Crippen LogP contribution in [0, 0.1) is 0 Å². The number of para-hydroxylation sites is 1. The average molecular weight is 482 g/mol. The standard InChI is InChI=1S/C25H27N3O5S/c1-16-12-18-6-4-5-7-19(18)28(16)15-23(29)26-10-11-27-24(30)22(34-25(27)31)14-17-8-9-20(32-2)21(13-17)33-3/h4-9,13-14,16H,10-12,15H2,1-3H3,(H,26,29). The molecule has 1 fully saturated rings. The molecule has 0 bridgehead atoms. The maximum Gasteiger partial charge on any atom is 0.293 e. The molecule has 0 aromatic heterocycles. The molecule has 4 rings (SSSR count). The van der Waals surface area contributed by atoms with Crippen molar-refractivity contribution in [2.45, 2.75) is 19.4 Å². The molecule has 8 nitrogen and oxygen atoms in total. The Morgan fingerprint density at radius 1 is 1.15 bits per heavy atom. The van der Waals surface area contributed by atoms with Crippen LogP contribution in [0.3, 0.4) is 0 Å². The van der Waals surface area contributed by atoms with Gasteiger partial charge in [0.25, 0.3) is 11.1 Å². The number of hydrogen-bond acceptors (Lipinski definition) is 7. The fourth-order valence-electron chi connectivity index (χ4n) is 4.18. The zero-order valence-corrected chi connectivity index (χ0v) is 20.2. The van der Waals surface area contributed by atoms with Gasteiger partial charge in [-0.05, 0) is 60.5 Å². The molecule has 34 heavy (non-hydrogen) atoms. The molecular weight excluding hydrogens is 454 g/mol. The molecule has 2 aromatic carbocycles. The number of rotatable bonds is 8. The topological polar surface area (TPSA) is 88.2 Å². The first-order chi connectivity index (χ1) is 16.4. The highest BCUT2D eigenvalue weighted by Gasteiger charge is 2.35. The first kappa shape index (κ1) is 23.7. The van der Waals surface area contributed by atoms with E-state index in [9.17, 15) is 14.4 Å². The summed E-state index contributed by atoms with van der Waals surface area (Å²) in [5, 5.41) is 2.48. The van der Waals surface area contributed by atoms with Crippen LogP contribution in [0.15, 0.2) is 47.4 Å². The number of carbonyl (C=O) groups is 3. The van der Waals surface area contributed by atoms with Crippen LogP contribution >= 0.6 is 11.8 Å². The number of anilines is 1. The molecule has 2 aliphatic rings. The van der Waals surface area contributed by atoms with Crippen molar-refractivity contribution in [3.8, 4) is 11.5 Å². The summed E-state index contributed by atoms with van der Waals surface area (Å²) in [6, 6.07) is 13.6. The van der Waals surface area contributed by atoms with Crippen LogP contribution in [-0.2, 0) is 16.0 Å². The van der Waals surface area contributed by atoms with Crippen LogP contribution in [0.2, 0.25) is 0 Å². The quantitative estimate of drug-likeness (QED) is 0.579. The molecule has 1 N–H and O–H groups in total. The van der Waals surface area contributed by atoms with Crippen LogP contribution in [0.5, 0.6) is 11.5 Å². The SMILES string of the molecule is COc1ccc(C=C2SC(=O)N(CCNC(=O)CN3c4ccccc4CC3C)C2=O)cc1OC. The van der Waals surface area contributed by atoms with Crippen LogP contribution in [-0.4, -0.2) is 61.8 Å². The molecule has 1 unspecified atom stereocenters. The molecule has 9 heteroatoms. The number of thioether (sulfide) groups is 1. The van der Waals surface area contributed by atoms with Crippen LogP contribution in [0.1, 0.15) is 18.1 Å². The van der Waals surface area contributed by atoms with Crippen molar-refractivity contribution in [2.75, 3.05) is 38.8 Å². The number of ether oxygens (including phenoxy) is 2. The fraction of sp³-hybridized carbons (Fsp3) is 0.320. The number of methoxy groups -OCH3 is 2. The van der Waals surface area contributed by atoms with Gasteiger partial charge >= 0.3 is 0 Å². The van der Waals surface area contributed by atoms with Gasteiger partial charge in [-0.25, -0.2) is 0 Å². The Labute approximate surface area is 202 Å². The predicted octanol–water partition coefficient (Wildman–Crippen LogP) is 3.31. The minimum Gasteiger partial charge on any atom is -0.493 e. The molecule has 1 atom stereocenters. The van der Waals surface area contributed by atoms with Gasteiger partial charge in [-0.15, -0.1) is 0 Å². The monoisotopic (exact) mass is 481 g/mol. The van der Waals surface area contributed by atoms with Crippen molar-refractivity contribution in [1.29, 1.82) is 0 Å². The van der Waals surface area contributed by atoms with Crippen molar-refractivity contribution in [3.05, 3.63) is 58.5 Å². The Kier molecular flexibility index (Phi) is 7.12. The first-order valence-corrected chi connectivity index (χ1v) is 11.8. The van der Waals surface area contributed by atoms with Gasteiger partial charge in [0.1, 0.15) is 0 Å². The second-order valence-electron chi connectivity index (χ2n) is 8.11. The number of nitrogens with zero attached hydrogens (tertiary/aromatic N) is 2.